The van der Waals surface area contributed by atoms with E-state index >= 15 is 0 Å². The number of hydrogen-bond donors (Lipinski definition) is 0. The number of amides is 4. The van der Waals surface area contributed by atoms with Crippen molar-refractivity contribution in [2.45, 2.75) is 0 Å². The molecule has 3 rings (SSSR count). The number of Topliss-reactive ketones (excluding diaryl/α,β-unsaturated/α-hetero) is 1. The Hall–Kier alpha value is -3.23. The number of nitrogens with zero attached hydrogens (tertiary/aromatic N) is 3. The first-order chi connectivity index (χ1) is 10.9. The molecule has 0 atom stereocenters. The van der Waals surface area contributed by atoms with E-state index in [1.54, 1.807) is 12.1 Å². The third-order valence-corrected chi connectivity index (χ3v) is 3.52. The first kappa shape index (κ1) is 14.7. The molecule has 0 unspecified atom stereocenters. The summed E-state index contributed by atoms with van der Waals surface area (Å²) in [7, 11) is 2.40. The van der Waals surface area contributed by atoms with Crippen molar-refractivity contribution < 1.29 is 28.1 Å². The van der Waals surface area contributed by atoms with E-state index in [9.17, 15) is 19.2 Å². The van der Waals surface area contributed by atoms with Gasteiger partial charge >= 0.3 is 6.03 Å². The van der Waals surface area contributed by atoms with Crippen LogP contribution in [0.4, 0.5) is 4.79 Å². The highest BCUT2D eigenvalue weighted by Gasteiger charge is 2.47. The first-order valence-corrected chi connectivity index (χ1v) is 6.55. The summed E-state index contributed by atoms with van der Waals surface area (Å²) in [6, 6.07) is 3.72. The fourth-order valence-corrected chi connectivity index (χ4v) is 2.20. The van der Waals surface area contributed by atoms with Gasteiger partial charge in [-0.2, -0.15) is 0 Å². The molecular formula is C14H11N3O6. The molecule has 0 saturated carbocycles. The zero-order valence-electron chi connectivity index (χ0n) is 12.2. The SMILES string of the molecule is CN1C(=O)C(C(=O)c2cc(-c3ccco3)on2)C(=O)N(C)C1=O. The van der Waals surface area contributed by atoms with Crippen molar-refractivity contribution in [3.05, 3.63) is 30.2 Å². The van der Waals surface area contributed by atoms with Crippen LogP contribution >= 0.6 is 0 Å². The van der Waals surface area contributed by atoms with Gasteiger partial charge in [0.05, 0.1) is 6.26 Å². The van der Waals surface area contributed by atoms with E-state index in [1.165, 1.54) is 26.4 Å². The average molecular weight is 317 g/mol. The Kier molecular flexibility index (Phi) is 3.32. The normalized spacial score (nSPS) is 16.3. The summed E-state index contributed by atoms with van der Waals surface area (Å²) in [5.41, 5.74) is -0.195. The van der Waals surface area contributed by atoms with Crippen LogP contribution in [0.1, 0.15) is 10.5 Å². The largest absolute Gasteiger partial charge is 0.461 e. The van der Waals surface area contributed by atoms with E-state index in [0.29, 0.717) is 5.76 Å². The molecule has 0 spiro atoms. The minimum absolute atomic E-state index is 0.187. The molecule has 9 nitrogen and oxygen atoms in total. The van der Waals surface area contributed by atoms with Crippen molar-refractivity contribution in [3.63, 3.8) is 0 Å². The van der Waals surface area contributed by atoms with Gasteiger partial charge < -0.3 is 8.94 Å². The lowest BCUT2D eigenvalue weighted by Crippen LogP contribution is -2.58. The van der Waals surface area contributed by atoms with Crippen molar-refractivity contribution in [3.8, 4) is 11.5 Å². The molecule has 1 saturated heterocycles. The number of barbiturate groups is 1. The van der Waals surface area contributed by atoms with Gasteiger partial charge in [-0.3, -0.25) is 24.2 Å². The Balaban J connectivity index is 1.92. The molecule has 0 aromatic carbocycles. The summed E-state index contributed by atoms with van der Waals surface area (Å²) in [5, 5.41) is 3.57. The molecular weight excluding hydrogens is 306 g/mol. The number of urea groups is 1. The second-order valence-electron chi connectivity index (χ2n) is 4.93. The highest BCUT2D eigenvalue weighted by molar-refractivity contribution is 6.29. The molecule has 118 valence electrons. The van der Waals surface area contributed by atoms with Gasteiger partial charge in [-0.15, -0.1) is 0 Å². The molecule has 9 heteroatoms. The maximum Gasteiger partial charge on any atom is 0.332 e. The highest BCUT2D eigenvalue weighted by Crippen LogP contribution is 2.24. The number of ketones is 1. The van der Waals surface area contributed by atoms with E-state index in [1.807, 2.05) is 0 Å². The Morgan fingerprint density at radius 3 is 2.35 bits per heavy atom. The molecule has 0 aliphatic carbocycles. The Labute approximate surface area is 129 Å². The van der Waals surface area contributed by atoms with Crippen LogP contribution in [0.15, 0.2) is 33.4 Å². The van der Waals surface area contributed by atoms with Crippen LogP contribution in [0.3, 0.4) is 0 Å². The molecule has 1 fully saturated rings. The van der Waals surface area contributed by atoms with Gasteiger partial charge in [0.1, 0.15) is 0 Å². The number of furan rings is 1. The smallest absolute Gasteiger partial charge is 0.332 e. The zero-order valence-corrected chi connectivity index (χ0v) is 12.2. The fourth-order valence-electron chi connectivity index (χ4n) is 2.20. The average Bonchev–Trinajstić information content (AvgIpc) is 3.21. The van der Waals surface area contributed by atoms with Crippen molar-refractivity contribution in [2.75, 3.05) is 14.1 Å². The van der Waals surface area contributed by atoms with Gasteiger partial charge in [0.15, 0.2) is 17.4 Å². The summed E-state index contributed by atoms with van der Waals surface area (Å²) >= 11 is 0. The van der Waals surface area contributed by atoms with Crippen LogP contribution < -0.4 is 0 Å². The number of carbonyl (C=O) groups is 4. The predicted molar refractivity (Wildman–Crippen MR) is 73.0 cm³/mol. The molecule has 1 aliphatic rings. The summed E-state index contributed by atoms with van der Waals surface area (Å²) < 4.78 is 10.1. The van der Waals surface area contributed by atoms with E-state index in [4.69, 9.17) is 8.94 Å². The standard InChI is InChI=1S/C14H11N3O6/c1-16-12(19)10(13(20)17(2)14(16)21)11(18)7-6-9(23-15-7)8-4-3-5-22-8/h3-6,10H,1-2H3. The molecule has 3 heterocycles. The Morgan fingerprint density at radius 2 is 1.78 bits per heavy atom. The molecule has 0 N–H and O–H groups in total. The molecule has 4 amide bonds. The second-order valence-corrected chi connectivity index (χ2v) is 4.93. The van der Waals surface area contributed by atoms with Crippen LogP contribution in [0.5, 0.6) is 0 Å². The molecule has 2 aromatic heterocycles. The van der Waals surface area contributed by atoms with E-state index in [2.05, 4.69) is 5.16 Å². The molecule has 0 bridgehead atoms. The van der Waals surface area contributed by atoms with Crippen LogP contribution in [0, 0.1) is 5.92 Å². The lowest BCUT2D eigenvalue weighted by Gasteiger charge is -2.31. The maximum absolute atomic E-state index is 12.4. The number of carbonyl (C=O) groups excluding carboxylic acids is 4. The lowest BCUT2D eigenvalue weighted by atomic mass is 9.96. The minimum Gasteiger partial charge on any atom is -0.461 e. The van der Waals surface area contributed by atoms with Gasteiger partial charge in [0.25, 0.3) is 11.8 Å². The number of imide groups is 2. The third-order valence-electron chi connectivity index (χ3n) is 3.52. The quantitative estimate of drug-likeness (QED) is 0.607. The van der Waals surface area contributed by atoms with Gasteiger partial charge in [0, 0.05) is 20.2 Å². The molecule has 2 aromatic rings. The summed E-state index contributed by atoms with van der Waals surface area (Å²) in [4.78, 5) is 49.7. The summed E-state index contributed by atoms with van der Waals surface area (Å²) in [6.07, 6.45) is 1.42. The van der Waals surface area contributed by atoms with Gasteiger partial charge in [-0.1, -0.05) is 5.16 Å². The van der Waals surface area contributed by atoms with E-state index in [-0.39, 0.29) is 11.5 Å². The lowest BCUT2D eigenvalue weighted by molar-refractivity contribution is -0.145. The maximum atomic E-state index is 12.4. The van der Waals surface area contributed by atoms with Crippen LogP contribution in [0.25, 0.3) is 11.5 Å². The first-order valence-electron chi connectivity index (χ1n) is 6.55. The van der Waals surface area contributed by atoms with Crippen LogP contribution in [-0.4, -0.2) is 52.7 Å². The fraction of sp³-hybridized carbons (Fsp3) is 0.214. The Morgan fingerprint density at radius 1 is 1.13 bits per heavy atom. The summed E-state index contributed by atoms with van der Waals surface area (Å²) in [5.74, 6) is -3.75. The third kappa shape index (κ3) is 2.22. The van der Waals surface area contributed by atoms with Crippen molar-refractivity contribution in [1.82, 2.24) is 15.0 Å². The number of rotatable bonds is 3. The molecule has 23 heavy (non-hydrogen) atoms. The molecule has 0 radical (unpaired) electrons. The number of aromatic nitrogens is 1. The minimum atomic E-state index is -1.66. The van der Waals surface area contributed by atoms with Crippen LogP contribution in [-0.2, 0) is 9.59 Å². The van der Waals surface area contributed by atoms with E-state index < -0.39 is 29.5 Å². The second kappa shape index (κ2) is 5.20. The van der Waals surface area contributed by atoms with E-state index in [0.717, 1.165) is 9.80 Å². The summed E-state index contributed by atoms with van der Waals surface area (Å²) in [6.45, 7) is 0. The zero-order chi connectivity index (χ0) is 16.7. The van der Waals surface area contributed by atoms with Gasteiger partial charge in [0.2, 0.25) is 11.5 Å². The highest BCUT2D eigenvalue weighted by atomic mass is 16.5. The topological polar surface area (TPSA) is 114 Å². The van der Waals surface area contributed by atoms with Crippen molar-refractivity contribution in [1.29, 1.82) is 0 Å². The van der Waals surface area contributed by atoms with Gasteiger partial charge in [-0.05, 0) is 12.1 Å². The number of hydrogen-bond acceptors (Lipinski definition) is 7. The van der Waals surface area contributed by atoms with Crippen molar-refractivity contribution in [2.24, 2.45) is 5.92 Å². The van der Waals surface area contributed by atoms with Gasteiger partial charge in [-0.25, -0.2) is 4.79 Å². The molecule has 1 aliphatic heterocycles. The van der Waals surface area contributed by atoms with Crippen molar-refractivity contribution >= 4 is 23.6 Å². The van der Waals surface area contributed by atoms with Crippen LogP contribution in [0.2, 0.25) is 0 Å². The predicted octanol–water partition coefficient (Wildman–Crippen LogP) is 0.784. The Bertz CT molecular complexity index is 782. The monoisotopic (exact) mass is 317 g/mol.